The number of hydrogen-bond acceptors (Lipinski definition) is 8. The maximum atomic E-state index is 10.5. The topological polar surface area (TPSA) is 142 Å². The SMILES string of the molecule is O=C(O)C1CCCN1O.O=S(=O)(O)CCN1CCN(CCO)CC1. The van der Waals surface area contributed by atoms with Crippen LogP contribution >= 0.6 is 0 Å². The zero-order valence-corrected chi connectivity index (χ0v) is 14.4. The van der Waals surface area contributed by atoms with Gasteiger partial charge in [-0.2, -0.15) is 13.5 Å². The molecule has 2 aliphatic rings. The molecule has 0 amide bonds. The summed E-state index contributed by atoms with van der Waals surface area (Å²) in [5, 5.41) is 26.8. The Bertz CT molecular complexity index is 480. The quantitative estimate of drug-likeness (QED) is 0.405. The molecule has 10 nitrogen and oxygen atoms in total. The highest BCUT2D eigenvalue weighted by atomic mass is 32.2. The average molecular weight is 369 g/mol. The second kappa shape index (κ2) is 10.2. The highest BCUT2D eigenvalue weighted by Gasteiger charge is 2.28. The van der Waals surface area contributed by atoms with E-state index in [0.717, 1.165) is 37.7 Å². The first-order chi connectivity index (χ1) is 11.2. The molecule has 2 saturated heterocycles. The zero-order chi connectivity index (χ0) is 18.2. The van der Waals surface area contributed by atoms with E-state index < -0.39 is 22.1 Å². The summed E-state index contributed by atoms with van der Waals surface area (Å²) in [4.78, 5) is 14.3. The summed E-state index contributed by atoms with van der Waals surface area (Å²) in [6, 6.07) is -0.662. The lowest BCUT2D eigenvalue weighted by atomic mass is 10.2. The number of β-amino-alcohol motifs (C(OH)–C–C–N with tert-alkyl or cyclic N) is 1. The van der Waals surface area contributed by atoms with E-state index in [4.69, 9.17) is 20.0 Å². The highest BCUT2D eigenvalue weighted by molar-refractivity contribution is 7.85. The van der Waals surface area contributed by atoms with Crippen molar-refractivity contribution in [3.8, 4) is 0 Å². The molecule has 0 aliphatic carbocycles. The van der Waals surface area contributed by atoms with Crippen molar-refractivity contribution in [2.45, 2.75) is 18.9 Å². The van der Waals surface area contributed by atoms with E-state index in [1.807, 2.05) is 4.90 Å². The molecule has 24 heavy (non-hydrogen) atoms. The minimum atomic E-state index is -3.84. The van der Waals surface area contributed by atoms with Crippen LogP contribution in [0, 0.1) is 0 Å². The van der Waals surface area contributed by atoms with Gasteiger partial charge in [-0.25, -0.2) is 0 Å². The third-order valence-corrected chi connectivity index (χ3v) is 4.75. The van der Waals surface area contributed by atoms with Crippen LogP contribution in [0.25, 0.3) is 0 Å². The van der Waals surface area contributed by atoms with E-state index >= 15 is 0 Å². The Morgan fingerprint density at radius 2 is 1.58 bits per heavy atom. The first-order valence-electron chi connectivity index (χ1n) is 7.92. The number of hydrogen-bond donors (Lipinski definition) is 4. The largest absolute Gasteiger partial charge is 0.480 e. The minimum Gasteiger partial charge on any atom is -0.480 e. The Morgan fingerprint density at radius 3 is 1.92 bits per heavy atom. The molecule has 0 radical (unpaired) electrons. The van der Waals surface area contributed by atoms with Gasteiger partial charge in [-0.1, -0.05) is 0 Å². The number of hydroxylamine groups is 2. The summed E-state index contributed by atoms with van der Waals surface area (Å²) in [6.45, 7) is 4.95. The number of piperazine rings is 1. The van der Waals surface area contributed by atoms with Crippen molar-refractivity contribution < 1.29 is 33.2 Å². The van der Waals surface area contributed by atoms with Gasteiger partial charge in [0.25, 0.3) is 10.1 Å². The van der Waals surface area contributed by atoms with E-state index in [1.165, 1.54) is 0 Å². The lowest BCUT2D eigenvalue weighted by Gasteiger charge is -2.33. The fourth-order valence-electron chi connectivity index (χ4n) is 2.62. The normalized spacial score (nSPS) is 23.7. The summed E-state index contributed by atoms with van der Waals surface area (Å²) >= 11 is 0. The van der Waals surface area contributed by atoms with E-state index in [2.05, 4.69) is 4.90 Å². The van der Waals surface area contributed by atoms with E-state index in [0.29, 0.717) is 26.1 Å². The van der Waals surface area contributed by atoms with Gasteiger partial charge < -0.3 is 15.4 Å². The summed E-state index contributed by atoms with van der Waals surface area (Å²) in [5.41, 5.74) is 0. The number of aliphatic hydroxyl groups excluding tert-OH is 1. The van der Waals surface area contributed by atoms with Gasteiger partial charge in [0.1, 0.15) is 6.04 Å². The van der Waals surface area contributed by atoms with Crippen LogP contribution in [0.5, 0.6) is 0 Å². The molecule has 11 heteroatoms. The molecular formula is C13H27N3O7S. The summed E-state index contributed by atoms with van der Waals surface area (Å²) in [5.74, 6) is -1.14. The van der Waals surface area contributed by atoms with Gasteiger partial charge in [0.05, 0.1) is 12.4 Å². The predicted molar refractivity (Wildman–Crippen MR) is 85.5 cm³/mol. The Balaban J connectivity index is 0.000000272. The first-order valence-corrected chi connectivity index (χ1v) is 9.53. The molecule has 0 aromatic heterocycles. The zero-order valence-electron chi connectivity index (χ0n) is 13.6. The standard InChI is InChI=1S/C8H18N2O4S.C5H9NO3/c11-7-5-9-1-3-10(4-2-9)6-8-15(12,13)14;7-5(8)4-2-1-3-6(4)9/h11H,1-8H2,(H,12,13,14);4,9H,1-3H2,(H,7,8). The Labute approximate surface area is 142 Å². The van der Waals surface area contributed by atoms with Crippen LogP contribution in [0.15, 0.2) is 0 Å². The molecule has 1 unspecified atom stereocenters. The average Bonchev–Trinajstić information content (AvgIpc) is 2.93. The number of carbonyl (C=O) groups is 1. The van der Waals surface area contributed by atoms with Crippen LogP contribution in [0.4, 0.5) is 0 Å². The predicted octanol–water partition coefficient (Wildman–Crippen LogP) is -1.59. The molecule has 0 saturated carbocycles. The van der Waals surface area contributed by atoms with Crippen LogP contribution in [-0.2, 0) is 14.9 Å². The summed E-state index contributed by atoms with van der Waals surface area (Å²) < 4.78 is 29.6. The summed E-state index contributed by atoms with van der Waals surface area (Å²) in [7, 11) is -3.84. The fourth-order valence-corrected chi connectivity index (χ4v) is 3.11. The Morgan fingerprint density at radius 1 is 1.04 bits per heavy atom. The van der Waals surface area contributed by atoms with Crippen molar-refractivity contribution in [3.05, 3.63) is 0 Å². The molecule has 0 aromatic rings. The van der Waals surface area contributed by atoms with Gasteiger partial charge in [0.15, 0.2) is 0 Å². The monoisotopic (exact) mass is 369 g/mol. The van der Waals surface area contributed by atoms with Gasteiger partial charge in [0.2, 0.25) is 0 Å². The van der Waals surface area contributed by atoms with Crippen molar-refractivity contribution in [3.63, 3.8) is 0 Å². The van der Waals surface area contributed by atoms with Crippen LogP contribution in [0.3, 0.4) is 0 Å². The molecule has 2 heterocycles. The second-order valence-corrected chi connectivity index (χ2v) is 7.42. The maximum absolute atomic E-state index is 10.5. The van der Waals surface area contributed by atoms with Crippen LogP contribution < -0.4 is 0 Å². The van der Waals surface area contributed by atoms with Crippen LogP contribution in [0.1, 0.15) is 12.8 Å². The van der Waals surface area contributed by atoms with Crippen molar-refractivity contribution in [1.29, 1.82) is 0 Å². The summed E-state index contributed by atoms with van der Waals surface area (Å²) in [6.07, 6.45) is 1.33. The molecular weight excluding hydrogens is 342 g/mol. The molecule has 2 rings (SSSR count). The van der Waals surface area contributed by atoms with E-state index in [-0.39, 0.29) is 12.4 Å². The lowest BCUT2D eigenvalue weighted by Crippen LogP contribution is -2.48. The van der Waals surface area contributed by atoms with E-state index in [1.54, 1.807) is 0 Å². The van der Waals surface area contributed by atoms with Gasteiger partial charge in [-0.15, -0.1) is 0 Å². The fraction of sp³-hybridized carbons (Fsp3) is 0.923. The first kappa shape index (κ1) is 21.2. The van der Waals surface area contributed by atoms with Gasteiger partial charge >= 0.3 is 5.97 Å². The molecule has 0 spiro atoms. The highest BCUT2D eigenvalue weighted by Crippen LogP contribution is 2.13. The Kier molecular flexibility index (Phi) is 9.05. The third-order valence-electron chi connectivity index (χ3n) is 4.06. The van der Waals surface area contributed by atoms with Crippen LogP contribution in [-0.4, -0.2) is 113 Å². The van der Waals surface area contributed by atoms with Crippen molar-refractivity contribution in [2.24, 2.45) is 0 Å². The Hall–Kier alpha value is -0.820. The number of carboxylic acid groups (broad SMARTS) is 1. The van der Waals surface area contributed by atoms with Gasteiger partial charge in [-0.3, -0.25) is 19.1 Å². The second-order valence-electron chi connectivity index (χ2n) is 5.85. The minimum absolute atomic E-state index is 0.158. The molecule has 142 valence electrons. The maximum Gasteiger partial charge on any atom is 0.323 e. The van der Waals surface area contributed by atoms with Crippen molar-refractivity contribution >= 4 is 16.1 Å². The molecule has 2 fully saturated rings. The molecule has 0 bridgehead atoms. The molecule has 2 aliphatic heterocycles. The number of aliphatic hydroxyl groups is 1. The molecule has 0 aromatic carbocycles. The number of nitrogens with zero attached hydrogens (tertiary/aromatic N) is 3. The molecule has 4 N–H and O–H groups in total. The molecule has 1 atom stereocenters. The number of aliphatic carboxylic acids is 1. The van der Waals surface area contributed by atoms with E-state index in [9.17, 15) is 13.2 Å². The van der Waals surface area contributed by atoms with Crippen LogP contribution in [0.2, 0.25) is 0 Å². The smallest absolute Gasteiger partial charge is 0.323 e. The number of rotatable bonds is 6. The number of carboxylic acids is 1. The van der Waals surface area contributed by atoms with Crippen molar-refractivity contribution in [2.75, 3.05) is 58.2 Å². The van der Waals surface area contributed by atoms with Gasteiger partial charge in [-0.05, 0) is 12.8 Å². The third kappa shape index (κ3) is 8.33. The lowest BCUT2D eigenvalue weighted by molar-refractivity contribution is -0.160. The van der Waals surface area contributed by atoms with Gasteiger partial charge in [0, 0.05) is 45.8 Å². The van der Waals surface area contributed by atoms with Crippen molar-refractivity contribution in [1.82, 2.24) is 14.9 Å².